The molecule has 1 N–H and O–H groups in total. The Morgan fingerprint density at radius 1 is 1.00 bits per heavy atom. The minimum atomic E-state index is -0.213. The van der Waals surface area contributed by atoms with E-state index in [0.717, 1.165) is 18.7 Å². The van der Waals surface area contributed by atoms with E-state index in [-0.39, 0.29) is 18.4 Å². The van der Waals surface area contributed by atoms with Gasteiger partial charge in [0, 0.05) is 38.3 Å². The number of hydrogen-bond acceptors (Lipinski definition) is 5. The molecule has 0 saturated carbocycles. The van der Waals surface area contributed by atoms with Crippen molar-refractivity contribution < 1.29 is 19.1 Å². The standard InChI is InChI=1S/C22H27N3O4/c1-28-19-7-3-5-17(13-19)15-25(16-21(26)24-11-9-23-10-12-24)22(27)18-6-4-8-20(14-18)29-2/h3-8,13-14,23H,9-12,15-16H2,1-2H3. The van der Waals surface area contributed by atoms with Gasteiger partial charge >= 0.3 is 0 Å². The number of piperazine rings is 1. The van der Waals surface area contributed by atoms with Crippen LogP contribution in [0.5, 0.6) is 11.5 Å². The first kappa shape index (κ1) is 20.7. The van der Waals surface area contributed by atoms with E-state index in [2.05, 4.69) is 5.32 Å². The van der Waals surface area contributed by atoms with E-state index >= 15 is 0 Å². The molecule has 0 atom stereocenters. The Morgan fingerprint density at radius 2 is 1.66 bits per heavy atom. The summed E-state index contributed by atoms with van der Waals surface area (Å²) in [5, 5.41) is 3.23. The highest BCUT2D eigenvalue weighted by atomic mass is 16.5. The Morgan fingerprint density at radius 3 is 2.34 bits per heavy atom. The highest BCUT2D eigenvalue weighted by Gasteiger charge is 2.24. The van der Waals surface area contributed by atoms with Crippen LogP contribution in [0, 0.1) is 0 Å². The summed E-state index contributed by atoms with van der Waals surface area (Å²) in [7, 11) is 3.16. The summed E-state index contributed by atoms with van der Waals surface area (Å²) < 4.78 is 10.5. The second kappa shape index (κ2) is 9.93. The smallest absolute Gasteiger partial charge is 0.254 e. The number of nitrogens with one attached hydrogen (secondary N) is 1. The molecule has 2 amide bonds. The monoisotopic (exact) mass is 397 g/mol. The number of hydrogen-bond donors (Lipinski definition) is 1. The van der Waals surface area contributed by atoms with Crippen LogP contribution < -0.4 is 14.8 Å². The molecule has 0 bridgehead atoms. The van der Waals surface area contributed by atoms with E-state index in [0.29, 0.717) is 36.7 Å². The molecule has 154 valence electrons. The first-order chi connectivity index (χ1) is 14.1. The third-order valence-electron chi connectivity index (χ3n) is 4.91. The highest BCUT2D eigenvalue weighted by Crippen LogP contribution is 2.18. The van der Waals surface area contributed by atoms with Crippen molar-refractivity contribution in [2.75, 3.05) is 46.9 Å². The van der Waals surface area contributed by atoms with Crippen molar-refractivity contribution >= 4 is 11.8 Å². The van der Waals surface area contributed by atoms with Gasteiger partial charge in [0.2, 0.25) is 5.91 Å². The van der Waals surface area contributed by atoms with Crippen molar-refractivity contribution in [1.29, 1.82) is 0 Å². The van der Waals surface area contributed by atoms with Crippen molar-refractivity contribution in [2.45, 2.75) is 6.54 Å². The van der Waals surface area contributed by atoms with Gasteiger partial charge in [-0.15, -0.1) is 0 Å². The fourth-order valence-corrected chi connectivity index (χ4v) is 3.31. The number of carbonyl (C=O) groups is 2. The molecule has 0 aliphatic carbocycles. The van der Waals surface area contributed by atoms with E-state index in [4.69, 9.17) is 9.47 Å². The molecule has 7 heteroatoms. The van der Waals surface area contributed by atoms with Crippen LogP contribution in [0.25, 0.3) is 0 Å². The first-order valence-electron chi connectivity index (χ1n) is 9.65. The fourth-order valence-electron chi connectivity index (χ4n) is 3.31. The molecule has 0 spiro atoms. The van der Waals surface area contributed by atoms with Crippen molar-refractivity contribution in [3.8, 4) is 11.5 Å². The van der Waals surface area contributed by atoms with E-state index in [1.54, 1.807) is 48.3 Å². The summed E-state index contributed by atoms with van der Waals surface area (Å²) in [4.78, 5) is 29.5. The molecule has 1 aliphatic rings. The van der Waals surface area contributed by atoms with Gasteiger partial charge in [-0.25, -0.2) is 0 Å². The van der Waals surface area contributed by atoms with Gasteiger partial charge in [-0.1, -0.05) is 18.2 Å². The lowest BCUT2D eigenvalue weighted by atomic mass is 10.1. The van der Waals surface area contributed by atoms with E-state index in [1.165, 1.54) is 0 Å². The zero-order valence-electron chi connectivity index (χ0n) is 16.9. The first-order valence-corrected chi connectivity index (χ1v) is 9.65. The second-order valence-electron chi connectivity index (χ2n) is 6.88. The summed E-state index contributed by atoms with van der Waals surface area (Å²) in [5.41, 5.74) is 1.38. The Kier molecular flexibility index (Phi) is 7.08. The number of methoxy groups -OCH3 is 2. The lowest BCUT2D eigenvalue weighted by Gasteiger charge is -2.30. The molecule has 1 fully saturated rings. The third kappa shape index (κ3) is 5.48. The van der Waals surface area contributed by atoms with Crippen LogP contribution in [0.1, 0.15) is 15.9 Å². The molecule has 29 heavy (non-hydrogen) atoms. The number of amides is 2. The molecule has 1 aliphatic heterocycles. The molecule has 2 aromatic rings. The number of benzene rings is 2. The maximum Gasteiger partial charge on any atom is 0.254 e. The number of rotatable bonds is 7. The SMILES string of the molecule is COc1cccc(CN(CC(=O)N2CCNCC2)C(=O)c2cccc(OC)c2)c1. The van der Waals surface area contributed by atoms with Gasteiger partial charge in [0.05, 0.1) is 14.2 Å². The topological polar surface area (TPSA) is 71.1 Å². The average molecular weight is 397 g/mol. The molecule has 3 rings (SSSR count). The number of carbonyl (C=O) groups excluding carboxylic acids is 2. The Labute approximate surface area is 171 Å². The van der Waals surface area contributed by atoms with Gasteiger partial charge in [0.1, 0.15) is 18.0 Å². The largest absolute Gasteiger partial charge is 0.497 e. The fraction of sp³-hybridized carbons (Fsp3) is 0.364. The summed E-state index contributed by atoms with van der Waals surface area (Å²) in [6, 6.07) is 14.5. The van der Waals surface area contributed by atoms with E-state index in [1.807, 2.05) is 24.3 Å². The van der Waals surface area contributed by atoms with Gasteiger partial charge in [-0.3, -0.25) is 9.59 Å². The van der Waals surface area contributed by atoms with Crippen LogP contribution >= 0.6 is 0 Å². The van der Waals surface area contributed by atoms with Crippen molar-refractivity contribution in [2.24, 2.45) is 0 Å². The molecule has 2 aromatic carbocycles. The minimum absolute atomic E-state index is 0.0211. The van der Waals surface area contributed by atoms with E-state index < -0.39 is 0 Å². The molecule has 0 unspecified atom stereocenters. The quantitative estimate of drug-likeness (QED) is 0.771. The molecule has 1 saturated heterocycles. The van der Waals surface area contributed by atoms with Gasteiger partial charge in [0.25, 0.3) is 5.91 Å². The van der Waals surface area contributed by atoms with Crippen molar-refractivity contribution in [3.63, 3.8) is 0 Å². The summed E-state index contributed by atoms with van der Waals surface area (Å²) in [6.07, 6.45) is 0. The third-order valence-corrected chi connectivity index (χ3v) is 4.91. The van der Waals surface area contributed by atoms with Crippen LogP contribution in [0.2, 0.25) is 0 Å². The molecule has 1 heterocycles. The summed E-state index contributed by atoms with van der Waals surface area (Å²) in [6.45, 7) is 3.17. The predicted octanol–water partition coefficient (Wildman–Crippen LogP) is 1.78. The second-order valence-corrected chi connectivity index (χ2v) is 6.88. The highest BCUT2D eigenvalue weighted by molar-refractivity contribution is 5.96. The lowest BCUT2D eigenvalue weighted by molar-refractivity contribution is -0.132. The summed E-state index contributed by atoms with van der Waals surface area (Å²) in [5.74, 6) is 1.05. The van der Waals surface area contributed by atoms with Crippen LogP contribution in [0.4, 0.5) is 0 Å². The lowest BCUT2D eigenvalue weighted by Crippen LogP contribution is -2.50. The van der Waals surface area contributed by atoms with Gasteiger partial charge in [-0.2, -0.15) is 0 Å². The molecule has 0 radical (unpaired) electrons. The molecular formula is C22H27N3O4. The average Bonchev–Trinajstić information content (AvgIpc) is 2.78. The van der Waals surface area contributed by atoms with Crippen LogP contribution in [0.3, 0.4) is 0 Å². The minimum Gasteiger partial charge on any atom is -0.497 e. The molecule has 7 nitrogen and oxygen atoms in total. The Bertz CT molecular complexity index is 849. The van der Waals surface area contributed by atoms with Gasteiger partial charge < -0.3 is 24.6 Å². The Balaban J connectivity index is 1.82. The van der Waals surface area contributed by atoms with Crippen LogP contribution in [0.15, 0.2) is 48.5 Å². The van der Waals surface area contributed by atoms with Gasteiger partial charge in [-0.05, 0) is 35.9 Å². The van der Waals surface area contributed by atoms with Crippen molar-refractivity contribution in [3.05, 3.63) is 59.7 Å². The van der Waals surface area contributed by atoms with Crippen molar-refractivity contribution in [1.82, 2.24) is 15.1 Å². The maximum absolute atomic E-state index is 13.2. The predicted molar refractivity (Wildman–Crippen MR) is 110 cm³/mol. The van der Waals surface area contributed by atoms with Crippen LogP contribution in [-0.4, -0.2) is 68.6 Å². The zero-order valence-corrected chi connectivity index (χ0v) is 16.9. The zero-order chi connectivity index (χ0) is 20.6. The van der Waals surface area contributed by atoms with Crippen LogP contribution in [-0.2, 0) is 11.3 Å². The van der Waals surface area contributed by atoms with Gasteiger partial charge in [0.15, 0.2) is 0 Å². The van der Waals surface area contributed by atoms with E-state index in [9.17, 15) is 9.59 Å². The normalized spacial score (nSPS) is 13.7. The maximum atomic E-state index is 13.2. The number of nitrogens with zero attached hydrogens (tertiary/aromatic N) is 2. The molecule has 0 aromatic heterocycles. The summed E-state index contributed by atoms with van der Waals surface area (Å²) >= 11 is 0. The number of ether oxygens (including phenoxy) is 2. The Hall–Kier alpha value is -3.06. The molecular weight excluding hydrogens is 370 g/mol.